The Bertz CT molecular complexity index is 465. The van der Waals surface area contributed by atoms with Crippen LogP contribution in [0.15, 0.2) is 16.6 Å². The molecule has 1 aromatic carbocycles. The number of hydrogen-bond donors (Lipinski definition) is 1. The van der Waals surface area contributed by atoms with Crippen LogP contribution in [0.3, 0.4) is 0 Å². The van der Waals surface area contributed by atoms with E-state index in [0.717, 1.165) is 0 Å². The van der Waals surface area contributed by atoms with Crippen molar-refractivity contribution in [2.75, 3.05) is 19.8 Å². The fourth-order valence-electron chi connectivity index (χ4n) is 1.91. The molecule has 106 valence electrons. The van der Waals surface area contributed by atoms with Crippen molar-refractivity contribution in [2.24, 2.45) is 0 Å². The van der Waals surface area contributed by atoms with Crippen LogP contribution in [0.2, 0.25) is 0 Å². The Morgan fingerprint density at radius 1 is 1.26 bits per heavy atom. The number of alkyl halides is 3. The van der Waals surface area contributed by atoms with Crippen LogP contribution in [-0.4, -0.2) is 25.9 Å². The van der Waals surface area contributed by atoms with Crippen LogP contribution in [0.4, 0.5) is 13.2 Å². The highest BCUT2D eigenvalue weighted by molar-refractivity contribution is 9.10. The molecule has 7 heteroatoms. The van der Waals surface area contributed by atoms with E-state index in [4.69, 9.17) is 9.47 Å². The fourth-order valence-corrected chi connectivity index (χ4v) is 2.46. The molecular formula is C12H13BrF3NO2. The molecule has 1 atom stereocenters. The molecule has 0 fully saturated rings. The molecule has 0 saturated carbocycles. The van der Waals surface area contributed by atoms with Gasteiger partial charge in [0.25, 0.3) is 0 Å². The summed E-state index contributed by atoms with van der Waals surface area (Å²) in [6.45, 7) is 2.58. The predicted octanol–water partition coefficient (Wildman–Crippen LogP) is 3.43. The summed E-state index contributed by atoms with van der Waals surface area (Å²) >= 11 is 3.16. The first kappa shape index (κ1) is 14.5. The summed E-state index contributed by atoms with van der Waals surface area (Å²) in [6.07, 6.45) is -4.37. The van der Waals surface area contributed by atoms with Crippen LogP contribution in [0.25, 0.3) is 0 Å². The van der Waals surface area contributed by atoms with Gasteiger partial charge in [-0.2, -0.15) is 13.2 Å². The van der Waals surface area contributed by atoms with Gasteiger partial charge in [-0.3, -0.25) is 0 Å². The monoisotopic (exact) mass is 339 g/mol. The highest BCUT2D eigenvalue weighted by atomic mass is 79.9. The van der Waals surface area contributed by atoms with Crippen molar-refractivity contribution < 1.29 is 22.6 Å². The molecule has 0 radical (unpaired) electrons. The van der Waals surface area contributed by atoms with Crippen molar-refractivity contribution in [3.05, 3.63) is 22.2 Å². The normalized spacial score (nSPS) is 16.3. The zero-order valence-electron chi connectivity index (χ0n) is 10.2. The number of rotatable bonds is 3. The zero-order chi connectivity index (χ0) is 14.0. The molecule has 0 aromatic heterocycles. The summed E-state index contributed by atoms with van der Waals surface area (Å²) in [7, 11) is 0. The summed E-state index contributed by atoms with van der Waals surface area (Å²) in [6, 6.07) is 1.15. The lowest BCUT2D eigenvalue weighted by Crippen LogP contribution is -2.34. The summed E-state index contributed by atoms with van der Waals surface area (Å²) < 4.78 is 50.1. The maximum atomic E-state index is 13.0. The molecule has 0 saturated heterocycles. The lowest BCUT2D eigenvalue weighted by atomic mass is 10.1. The summed E-state index contributed by atoms with van der Waals surface area (Å²) in [5, 5.41) is 2.44. The smallest absolute Gasteiger partial charge is 0.407 e. The van der Waals surface area contributed by atoms with Gasteiger partial charge in [0.2, 0.25) is 0 Å². The first-order chi connectivity index (χ1) is 8.93. The van der Waals surface area contributed by atoms with Crippen LogP contribution in [0, 0.1) is 0 Å². The van der Waals surface area contributed by atoms with Crippen molar-refractivity contribution >= 4 is 15.9 Å². The van der Waals surface area contributed by atoms with E-state index in [-0.39, 0.29) is 12.1 Å². The van der Waals surface area contributed by atoms with Crippen molar-refractivity contribution in [1.29, 1.82) is 0 Å². The minimum Gasteiger partial charge on any atom is -0.486 e. The third kappa shape index (κ3) is 3.14. The molecular weight excluding hydrogens is 327 g/mol. The molecule has 1 aliphatic heterocycles. The van der Waals surface area contributed by atoms with Crippen LogP contribution >= 0.6 is 15.9 Å². The summed E-state index contributed by atoms with van der Waals surface area (Å²) in [5.41, 5.74) is 0.0959. The second-order valence-electron chi connectivity index (χ2n) is 4.05. The van der Waals surface area contributed by atoms with E-state index in [0.29, 0.717) is 29.2 Å². The Morgan fingerprint density at radius 3 is 2.37 bits per heavy atom. The first-order valence-electron chi connectivity index (χ1n) is 5.82. The molecule has 0 aliphatic carbocycles. The van der Waals surface area contributed by atoms with E-state index in [1.54, 1.807) is 6.92 Å². The topological polar surface area (TPSA) is 30.5 Å². The molecule has 0 bridgehead atoms. The highest BCUT2D eigenvalue weighted by Gasteiger charge is 2.41. The number of benzene rings is 1. The Kier molecular flexibility index (Phi) is 4.25. The summed E-state index contributed by atoms with van der Waals surface area (Å²) in [4.78, 5) is 0. The maximum Gasteiger partial charge on any atom is 0.407 e. The third-order valence-electron chi connectivity index (χ3n) is 2.71. The second-order valence-corrected chi connectivity index (χ2v) is 4.90. The highest BCUT2D eigenvalue weighted by Crippen LogP contribution is 2.42. The number of fused-ring (bicyclic) bond motifs is 1. The van der Waals surface area contributed by atoms with E-state index in [1.165, 1.54) is 12.1 Å². The number of nitrogens with one attached hydrogen (secondary N) is 1. The minimum absolute atomic E-state index is 0.0959. The standard InChI is InChI=1S/C12H13BrF3NO2/c1-2-17-11(12(14,15)16)7-5-9-10(6-8(7)13)19-4-3-18-9/h5-6,11,17H,2-4H2,1H3. The Hall–Kier alpha value is -0.950. The van der Waals surface area contributed by atoms with Crippen LogP contribution < -0.4 is 14.8 Å². The fraction of sp³-hybridized carbons (Fsp3) is 0.500. The molecule has 2 rings (SSSR count). The molecule has 1 heterocycles. The maximum absolute atomic E-state index is 13.0. The van der Waals surface area contributed by atoms with Gasteiger partial charge in [-0.15, -0.1) is 0 Å². The summed E-state index contributed by atoms with van der Waals surface area (Å²) in [5.74, 6) is 0.802. The Labute approximate surface area is 117 Å². The lowest BCUT2D eigenvalue weighted by Gasteiger charge is -2.25. The van der Waals surface area contributed by atoms with Crippen molar-refractivity contribution in [3.63, 3.8) is 0 Å². The molecule has 19 heavy (non-hydrogen) atoms. The Balaban J connectivity index is 2.42. The molecule has 1 aromatic rings. The molecule has 1 unspecified atom stereocenters. The number of ether oxygens (including phenoxy) is 2. The van der Waals surface area contributed by atoms with Gasteiger partial charge in [0, 0.05) is 4.47 Å². The predicted molar refractivity (Wildman–Crippen MR) is 67.6 cm³/mol. The van der Waals surface area contributed by atoms with Crippen LogP contribution in [0.1, 0.15) is 18.5 Å². The van der Waals surface area contributed by atoms with Crippen molar-refractivity contribution in [1.82, 2.24) is 5.32 Å². The number of halogens is 4. The third-order valence-corrected chi connectivity index (χ3v) is 3.39. The van der Waals surface area contributed by atoms with Gasteiger partial charge < -0.3 is 14.8 Å². The van der Waals surface area contributed by atoms with Gasteiger partial charge in [0.05, 0.1) is 0 Å². The average molecular weight is 340 g/mol. The van der Waals surface area contributed by atoms with Crippen molar-refractivity contribution in [3.8, 4) is 11.5 Å². The quantitative estimate of drug-likeness (QED) is 0.915. The van der Waals surface area contributed by atoms with Crippen LogP contribution in [0.5, 0.6) is 11.5 Å². The minimum atomic E-state index is -4.37. The first-order valence-corrected chi connectivity index (χ1v) is 6.62. The van der Waals surface area contributed by atoms with E-state index < -0.39 is 12.2 Å². The zero-order valence-corrected chi connectivity index (χ0v) is 11.8. The van der Waals surface area contributed by atoms with Gasteiger partial charge >= 0.3 is 6.18 Å². The van der Waals surface area contributed by atoms with Gasteiger partial charge in [-0.25, -0.2) is 0 Å². The SMILES string of the molecule is CCNC(c1cc2c(cc1Br)OCCO2)C(F)(F)F. The second kappa shape index (κ2) is 5.58. The van der Waals surface area contributed by atoms with E-state index >= 15 is 0 Å². The van der Waals surface area contributed by atoms with Gasteiger partial charge in [0.1, 0.15) is 19.3 Å². The van der Waals surface area contributed by atoms with E-state index in [2.05, 4.69) is 21.2 Å². The van der Waals surface area contributed by atoms with E-state index in [1.807, 2.05) is 0 Å². The lowest BCUT2D eigenvalue weighted by molar-refractivity contribution is -0.157. The Morgan fingerprint density at radius 2 is 1.84 bits per heavy atom. The largest absolute Gasteiger partial charge is 0.486 e. The molecule has 1 aliphatic rings. The number of hydrogen-bond acceptors (Lipinski definition) is 3. The van der Waals surface area contributed by atoms with Crippen molar-refractivity contribution in [2.45, 2.75) is 19.1 Å². The molecule has 1 N–H and O–H groups in total. The van der Waals surface area contributed by atoms with Gasteiger partial charge in [-0.05, 0) is 24.2 Å². The van der Waals surface area contributed by atoms with Gasteiger partial charge in [0.15, 0.2) is 11.5 Å². The molecule has 0 spiro atoms. The van der Waals surface area contributed by atoms with E-state index in [9.17, 15) is 13.2 Å². The molecule has 3 nitrogen and oxygen atoms in total. The van der Waals surface area contributed by atoms with Gasteiger partial charge in [-0.1, -0.05) is 22.9 Å². The molecule has 0 amide bonds. The van der Waals surface area contributed by atoms with Crippen LogP contribution in [-0.2, 0) is 0 Å². The average Bonchev–Trinajstić information content (AvgIpc) is 2.34.